The Morgan fingerprint density at radius 1 is 1.08 bits per heavy atom. The van der Waals surface area contributed by atoms with E-state index in [0.29, 0.717) is 56.3 Å². The standard InChI is InChI=1S/C29H35N3O7/c1-29(2,3)39-25(34)17-19-6-4-8-21(16-19)38-15-14-37-13-12-30-22-9-5-7-20-18-32(28(36)26(20)22)23-10-11-24(33)31-27(23)35/h4-9,16,23,30H,10-15,17-18H2,1-3H3,(H,31,33,35). The average molecular weight is 538 g/mol. The van der Waals surface area contributed by atoms with E-state index >= 15 is 0 Å². The summed E-state index contributed by atoms with van der Waals surface area (Å²) in [5.74, 6) is -0.584. The van der Waals surface area contributed by atoms with Crippen LogP contribution >= 0.6 is 0 Å². The summed E-state index contributed by atoms with van der Waals surface area (Å²) in [6.07, 6.45) is 0.727. The van der Waals surface area contributed by atoms with Crippen LogP contribution in [0.5, 0.6) is 5.75 Å². The van der Waals surface area contributed by atoms with Crippen molar-refractivity contribution >= 4 is 29.4 Å². The molecule has 10 nitrogen and oxygen atoms in total. The fraction of sp³-hybridized carbons (Fsp3) is 0.448. The van der Waals surface area contributed by atoms with Crippen molar-refractivity contribution in [2.24, 2.45) is 0 Å². The van der Waals surface area contributed by atoms with Gasteiger partial charge in [0.1, 0.15) is 24.0 Å². The van der Waals surface area contributed by atoms with Crippen LogP contribution in [-0.2, 0) is 36.8 Å². The molecule has 4 rings (SSSR count). The molecule has 1 saturated heterocycles. The van der Waals surface area contributed by atoms with Gasteiger partial charge in [0, 0.05) is 25.2 Å². The van der Waals surface area contributed by atoms with Gasteiger partial charge in [-0.05, 0) is 56.5 Å². The largest absolute Gasteiger partial charge is 0.491 e. The average Bonchev–Trinajstić information content (AvgIpc) is 3.19. The third-order valence-electron chi connectivity index (χ3n) is 6.28. The van der Waals surface area contributed by atoms with Gasteiger partial charge in [0.2, 0.25) is 11.8 Å². The van der Waals surface area contributed by atoms with Crippen LogP contribution in [0.15, 0.2) is 42.5 Å². The number of nitrogens with one attached hydrogen (secondary N) is 2. The monoisotopic (exact) mass is 537 g/mol. The van der Waals surface area contributed by atoms with Crippen molar-refractivity contribution < 1.29 is 33.4 Å². The number of ether oxygens (including phenoxy) is 3. The first-order chi connectivity index (χ1) is 18.6. The summed E-state index contributed by atoms with van der Waals surface area (Å²) >= 11 is 0. The van der Waals surface area contributed by atoms with Gasteiger partial charge in [-0.1, -0.05) is 24.3 Å². The summed E-state index contributed by atoms with van der Waals surface area (Å²) in [6, 6.07) is 12.3. The number of amides is 3. The topological polar surface area (TPSA) is 123 Å². The zero-order valence-corrected chi connectivity index (χ0v) is 22.6. The minimum absolute atomic E-state index is 0.174. The lowest BCUT2D eigenvalue weighted by molar-refractivity contribution is -0.154. The quantitative estimate of drug-likeness (QED) is 0.255. The van der Waals surface area contributed by atoms with Gasteiger partial charge in [0.25, 0.3) is 5.91 Å². The van der Waals surface area contributed by atoms with Gasteiger partial charge in [-0.2, -0.15) is 0 Å². The number of hydrogen-bond donors (Lipinski definition) is 2. The highest BCUT2D eigenvalue weighted by atomic mass is 16.6. The molecule has 10 heteroatoms. The minimum atomic E-state index is -0.642. The van der Waals surface area contributed by atoms with Crippen LogP contribution in [0, 0.1) is 0 Å². The van der Waals surface area contributed by atoms with Crippen molar-refractivity contribution in [1.82, 2.24) is 10.2 Å². The molecule has 2 aliphatic rings. The zero-order valence-electron chi connectivity index (χ0n) is 22.6. The van der Waals surface area contributed by atoms with Crippen molar-refractivity contribution in [2.75, 3.05) is 31.7 Å². The second-order valence-corrected chi connectivity index (χ2v) is 10.5. The Balaban J connectivity index is 1.19. The van der Waals surface area contributed by atoms with E-state index in [1.54, 1.807) is 0 Å². The summed E-state index contributed by atoms with van der Waals surface area (Å²) in [7, 11) is 0. The number of rotatable bonds is 11. The van der Waals surface area contributed by atoms with E-state index in [1.165, 1.54) is 4.90 Å². The molecule has 2 aromatic rings. The molecule has 0 radical (unpaired) electrons. The van der Waals surface area contributed by atoms with E-state index in [2.05, 4.69) is 10.6 Å². The second kappa shape index (κ2) is 12.3. The van der Waals surface area contributed by atoms with E-state index in [1.807, 2.05) is 63.2 Å². The van der Waals surface area contributed by atoms with Crippen molar-refractivity contribution in [2.45, 2.75) is 58.2 Å². The van der Waals surface area contributed by atoms with Gasteiger partial charge in [-0.15, -0.1) is 0 Å². The smallest absolute Gasteiger partial charge is 0.310 e. The van der Waals surface area contributed by atoms with Crippen LogP contribution < -0.4 is 15.4 Å². The maximum absolute atomic E-state index is 13.1. The highest BCUT2D eigenvalue weighted by Crippen LogP contribution is 2.32. The third kappa shape index (κ3) is 7.57. The fourth-order valence-corrected chi connectivity index (χ4v) is 4.63. The Morgan fingerprint density at radius 2 is 1.87 bits per heavy atom. The highest BCUT2D eigenvalue weighted by Gasteiger charge is 2.40. The van der Waals surface area contributed by atoms with Crippen LogP contribution in [0.1, 0.15) is 55.1 Å². The zero-order chi connectivity index (χ0) is 28.0. The molecule has 1 unspecified atom stereocenters. The molecule has 0 aliphatic carbocycles. The summed E-state index contributed by atoms with van der Waals surface area (Å²) < 4.78 is 16.8. The van der Waals surface area contributed by atoms with Gasteiger partial charge in [-0.3, -0.25) is 24.5 Å². The lowest BCUT2D eigenvalue weighted by Gasteiger charge is -2.29. The van der Waals surface area contributed by atoms with E-state index < -0.39 is 17.6 Å². The van der Waals surface area contributed by atoms with Crippen LogP contribution in [0.4, 0.5) is 5.69 Å². The third-order valence-corrected chi connectivity index (χ3v) is 6.28. The number of imide groups is 1. The van der Waals surface area contributed by atoms with Crippen LogP contribution in [0.3, 0.4) is 0 Å². The van der Waals surface area contributed by atoms with Crippen LogP contribution in [-0.4, -0.2) is 66.6 Å². The first kappa shape index (κ1) is 28.1. The molecule has 0 aromatic heterocycles. The molecular weight excluding hydrogens is 502 g/mol. The molecule has 2 aliphatic heterocycles. The maximum Gasteiger partial charge on any atom is 0.310 e. The molecule has 2 heterocycles. The van der Waals surface area contributed by atoms with Gasteiger partial charge >= 0.3 is 5.97 Å². The van der Waals surface area contributed by atoms with Crippen LogP contribution in [0.25, 0.3) is 0 Å². The second-order valence-electron chi connectivity index (χ2n) is 10.5. The van der Waals surface area contributed by atoms with E-state index in [-0.39, 0.29) is 30.6 Å². The van der Waals surface area contributed by atoms with Gasteiger partial charge in [0.15, 0.2) is 0 Å². The molecule has 1 atom stereocenters. The van der Waals surface area contributed by atoms with E-state index in [4.69, 9.17) is 14.2 Å². The molecule has 208 valence electrons. The van der Waals surface area contributed by atoms with Crippen molar-refractivity contribution in [1.29, 1.82) is 0 Å². The normalized spacial score (nSPS) is 17.1. The molecule has 0 bridgehead atoms. The molecular formula is C29H35N3O7. The van der Waals surface area contributed by atoms with Crippen molar-refractivity contribution in [3.05, 3.63) is 59.2 Å². The predicted octanol–water partition coefficient (Wildman–Crippen LogP) is 2.84. The van der Waals surface area contributed by atoms with Gasteiger partial charge in [0.05, 0.1) is 25.2 Å². The number of fused-ring (bicyclic) bond motifs is 1. The van der Waals surface area contributed by atoms with E-state index in [9.17, 15) is 19.2 Å². The Kier molecular flexibility index (Phi) is 8.86. The first-order valence-corrected chi connectivity index (χ1v) is 13.1. The maximum atomic E-state index is 13.1. The predicted molar refractivity (Wildman–Crippen MR) is 143 cm³/mol. The summed E-state index contributed by atoms with van der Waals surface area (Å²) in [5, 5.41) is 5.58. The lowest BCUT2D eigenvalue weighted by Crippen LogP contribution is -2.52. The molecule has 2 aromatic carbocycles. The molecule has 39 heavy (non-hydrogen) atoms. The molecule has 3 amide bonds. The molecule has 0 saturated carbocycles. The lowest BCUT2D eigenvalue weighted by atomic mass is 10.0. The Hall–Kier alpha value is -3.92. The van der Waals surface area contributed by atoms with Crippen LogP contribution in [0.2, 0.25) is 0 Å². The molecule has 1 fully saturated rings. The summed E-state index contributed by atoms with van der Waals surface area (Å²) in [4.78, 5) is 50.5. The number of carbonyl (C=O) groups excluding carboxylic acids is 4. The highest BCUT2D eigenvalue weighted by molar-refractivity contribution is 6.07. The van der Waals surface area contributed by atoms with Gasteiger partial charge in [-0.25, -0.2) is 0 Å². The number of carbonyl (C=O) groups is 4. The first-order valence-electron chi connectivity index (χ1n) is 13.1. The minimum Gasteiger partial charge on any atom is -0.491 e. The number of benzene rings is 2. The van der Waals surface area contributed by atoms with Crippen molar-refractivity contribution in [3.8, 4) is 5.75 Å². The fourth-order valence-electron chi connectivity index (χ4n) is 4.63. The SMILES string of the molecule is CC(C)(C)OC(=O)Cc1cccc(OCCOCCNc2cccc3c2C(=O)N(C2CCC(=O)NC2=O)C3)c1. The number of esters is 1. The Labute approximate surface area is 228 Å². The Bertz CT molecular complexity index is 1240. The molecule has 0 spiro atoms. The number of nitrogens with zero attached hydrogens (tertiary/aromatic N) is 1. The van der Waals surface area contributed by atoms with Gasteiger partial charge < -0.3 is 24.4 Å². The number of anilines is 1. The summed E-state index contributed by atoms with van der Waals surface area (Å²) in [6.45, 7) is 7.44. The Morgan fingerprint density at radius 3 is 2.64 bits per heavy atom. The summed E-state index contributed by atoms with van der Waals surface area (Å²) in [5.41, 5.74) is 2.38. The number of hydrogen-bond acceptors (Lipinski definition) is 8. The molecule has 2 N–H and O–H groups in total. The van der Waals surface area contributed by atoms with Crippen molar-refractivity contribution in [3.63, 3.8) is 0 Å². The van der Waals surface area contributed by atoms with E-state index in [0.717, 1.165) is 11.1 Å². The number of piperidine rings is 1.